The lowest BCUT2D eigenvalue weighted by Gasteiger charge is -2.08. The molecule has 0 saturated carbocycles. The molecule has 0 spiro atoms. The van der Waals surface area contributed by atoms with Gasteiger partial charge in [-0.25, -0.2) is 4.98 Å². The molecular formula is C9H11F3N4O2. The molecule has 0 atom stereocenters. The van der Waals surface area contributed by atoms with Crippen LogP contribution in [0.15, 0.2) is 12.4 Å². The molecule has 3 N–H and O–H groups in total. The van der Waals surface area contributed by atoms with Crippen molar-refractivity contribution in [2.24, 2.45) is 5.73 Å². The Labute approximate surface area is 100 Å². The van der Waals surface area contributed by atoms with Gasteiger partial charge in [0.1, 0.15) is 18.1 Å². The highest BCUT2D eigenvalue weighted by atomic mass is 19.4. The van der Waals surface area contributed by atoms with Crippen LogP contribution in [0, 0.1) is 0 Å². The second kappa shape index (κ2) is 6.15. The van der Waals surface area contributed by atoms with E-state index in [-0.39, 0.29) is 24.7 Å². The van der Waals surface area contributed by atoms with Crippen molar-refractivity contribution in [1.29, 1.82) is 0 Å². The van der Waals surface area contributed by atoms with Crippen LogP contribution < -0.4 is 11.1 Å². The van der Waals surface area contributed by atoms with Crippen LogP contribution in [0.1, 0.15) is 10.5 Å². The van der Waals surface area contributed by atoms with Crippen molar-refractivity contribution in [2.45, 2.75) is 6.18 Å². The molecule has 0 aliphatic carbocycles. The summed E-state index contributed by atoms with van der Waals surface area (Å²) < 4.78 is 39.6. The number of amides is 1. The van der Waals surface area contributed by atoms with E-state index in [1.165, 1.54) is 12.4 Å². The van der Waals surface area contributed by atoms with E-state index in [0.717, 1.165) is 0 Å². The average Bonchev–Trinajstić information content (AvgIpc) is 2.27. The summed E-state index contributed by atoms with van der Waals surface area (Å²) in [6.07, 6.45) is -1.84. The van der Waals surface area contributed by atoms with Crippen LogP contribution in [-0.4, -0.2) is 41.8 Å². The van der Waals surface area contributed by atoms with Gasteiger partial charge in [0.25, 0.3) is 5.91 Å². The molecule has 6 nitrogen and oxygen atoms in total. The maximum Gasteiger partial charge on any atom is 0.411 e. The fourth-order valence-corrected chi connectivity index (χ4v) is 1.01. The zero-order valence-corrected chi connectivity index (χ0v) is 9.20. The molecule has 0 saturated heterocycles. The van der Waals surface area contributed by atoms with E-state index in [1.54, 1.807) is 0 Å². The summed E-state index contributed by atoms with van der Waals surface area (Å²) in [5.41, 5.74) is 4.96. The average molecular weight is 264 g/mol. The second-order valence-electron chi connectivity index (χ2n) is 3.25. The van der Waals surface area contributed by atoms with Crippen molar-refractivity contribution in [3.63, 3.8) is 0 Å². The van der Waals surface area contributed by atoms with E-state index >= 15 is 0 Å². The number of aromatic nitrogens is 2. The first-order valence-corrected chi connectivity index (χ1v) is 4.89. The topological polar surface area (TPSA) is 90.1 Å². The molecule has 100 valence electrons. The predicted octanol–water partition coefficient (Wildman–Crippen LogP) is 0.566. The molecule has 1 aromatic rings. The maximum atomic E-state index is 11.7. The first kappa shape index (κ1) is 14.2. The number of ether oxygens (including phenoxy) is 1. The minimum atomic E-state index is -4.34. The largest absolute Gasteiger partial charge is 0.411 e. The predicted molar refractivity (Wildman–Crippen MR) is 55.9 cm³/mol. The molecule has 9 heteroatoms. The quantitative estimate of drug-likeness (QED) is 0.733. The SMILES string of the molecule is NC(=O)c1cncc(NCCOCC(F)(F)F)n1. The molecule has 18 heavy (non-hydrogen) atoms. The molecule has 0 aliphatic heterocycles. The van der Waals surface area contributed by atoms with Crippen molar-refractivity contribution in [3.8, 4) is 0 Å². The van der Waals surface area contributed by atoms with Gasteiger partial charge in [-0.1, -0.05) is 0 Å². The summed E-state index contributed by atoms with van der Waals surface area (Å²) >= 11 is 0. The summed E-state index contributed by atoms with van der Waals surface area (Å²) in [6.45, 7) is -1.35. The van der Waals surface area contributed by atoms with E-state index < -0.39 is 18.7 Å². The number of carbonyl (C=O) groups excluding carboxylic acids is 1. The lowest BCUT2D eigenvalue weighted by molar-refractivity contribution is -0.172. The Balaban J connectivity index is 2.31. The zero-order valence-electron chi connectivity index (χ0n) is 9.20. The van der Waals surface area contributed by atoms with Gasteiger partial charge in [-0.05, 0) is 0 Å². The van der Waals surface area contributed by atoms with Gasteiger partial charge in [0.05, 0.1) is 19.0 Å². The molecule has 1 heterocycles. The molecule has 1 amide bonds. The summed E-state index contributed by atoms with van der Waals surface area (Å²) in [5.74, 6) is -0.499. The Kier molecular flexibility index (Phi) is 4.84. The summed E-state index contributed by atoms with van der Waals surface area (Å²) in [5, 5.41) is 2.65. The molecule has 0 bridgehead atoms. The fraction of sp³-hybridized carbons (Fsp3) is 0.444. The number of halogens is 3. The smallest absolute Gasteiger partial charge is 0.370 e. The number of nitrogens with two attached hydrogens (primary N) is 1. The zero-order chi connectivity index (χ0) is 13.6. The van der Waals surface area contributed by atoms with Crippen LogP contribution in [0.25, 0.3) is 0 Å². The minimum Gasteiger partial charge on any atom is -0.370 e. The Morgan fingerprint density at radius 3 is 2.78 bits per heavy atom. The van der Waals surface area contributed by atoms with E-state index in [1.807, 2.05) is 0 Å². The van der Waals surface area contributed by atoms with Gasteiger partial charge in [0.15, 0.2) is 0 Å². The van der Waals surface area contributed by atoms with Gasteiger partial charge in [-0.3, -0.25) is 9.78 Å². The third-order valence-electron chi connectivity index (χ3n) is 1.71. The normalized spacial score (nSPS) is 11.3. The van der Waals surface area contributed by atoms with Crippen molar-refractivity contribution in [1.82, 2.24) is 9.97 Å². The molecular weight excluding hydrogens is 253 g/mol. The van der Waals surface area contributed by atoms with Crippen LogP contribution in [0.2, 0.25) is 0 Å². The number of anilines is 1. The van der Waals surface area contributed by atoms with E-state index in [9.17, 15) is 18.0 Å². The van der Waals surface area contributed by atoms with Crippen LogP contribution in [-0.2, 0) is 4.74 Å². The molecule has 0 fully saturated rings. The van der Waals surface area contributed by atoms with E-state index in [4.69, 9.17) is 5.73 Å². The summed E-state index contributed by atoms with van der Waals surface area (Å²) in [4.78, 5) is 18.3. The fourth-order valence-electron chi connectivity index (χ4n) is 1.01. The van der Waals surface area contributed by atoms with E-state index in [2.05, 4.69) is 20.0 Å². The number of nitrogens with zero attached hydrogens (tertiary/aromatic N) is 2. The first-order valence-electron chi connectivity index (χ1n) is 4.89. The molecule has 1 rings (SSSR count). The highest BCUT2D eigenvalue weighted by Gasteiger charge is 2.27. The maximum absolute atomic E-state index is 11.7. The van der Waals surface area contributed by atoms with Crippen LogP contribution in [0.4, 0.5) is 19.0 Å². The van der Waals surface area contributed by atoms with Crippen LogP contribution >= 0.6 is 0 Å². The number of carbonyl (C=O) groups is 1. The van der Waals surface area contributed by atoms with Gasteiger partial charge in [-0.15, -0.1) is 0 Å². The van der Waals surface area contributed by atoms with Gasteiger partial charge >= 0.3 is 6.18 Å². The number of hydrogen-bond acceptors (Lipinski definition) is 5. The van der Waals surface area contributed by atoms with Gasteiger partial charge < -0.3 is 15.8 Å². The van der Waals surface area contributed by atoms with Crippen LogP contribution in [0.3, 0.4) is 0 Å². The van der Waals surface area contributed by atoms with Crippen molar-refractivity contribution in [2.75, 3.05) is 25.1 Å². The van der Waals surface area contributed by atoms with Gasteiger partial charge in [-0.2, -0.15) is 13.2 Å². The van der Waals surface area contributed by atoms with Crippen molar-refractivity contribution < 1.29 is 22.7 Å². The van der Waals surface area contributed by atoms with E-state index in [0.29, 0.717) is 0 Å². The Morgan fingerprint density at radius 2 is 2.17 bits per heavy atom. The number of primary amides is 1. The number of rotatable bonds is 6. The highest BCUT2D eigenvalue weighted by Crippen LogP contribution is 2.14. The van der Waals surface area contributed by atoms with Gasteiger partial charge in [0.2, 0.25) is 0 Å². The second-order valence-corrected chi connectivity index (χ2v) is 3.25. The summed E-state index contributed by atoms with van der Waals surface area (Å²) in [6, 6.07) is 0. The molecule has 0 aliphatic rings. The van der Waals surface area contributed by atoms with Crippen molar-refractivity contribution in [3.05, 3.63) is 18.1 Å². The lowest BCUT2D eigenvalue weighted by Crippen LogP contribution is -2.20. The van der Waals surface area contributed by atoms with Crippen LogP contribution in [0.5, 0.6) is 0 Å². The number of nitrogens with one attached hydrogen (secondary N) is 1. The molecule has 1 aromatic heterocycles. The number of alkyl halides is 3. The number of hydrogen-bond donors (Lipinski definition) is 2. The minimum absolute atomic E-state index is 0.0313. The Morgan fingerprint density at radius 1 is 1.44 bits per heavy atom. The molecule has 0 aromatic carbocycles. The Bertz CT molecular complexity index is 411. The van der Waals surface area contributed by atoms with Crippen molar-refractivity contribution >= 4 is 11.7 Å². The lowest BCUT2D eigenvalue weighted by atomic mass is 10.4. The first-order chi connectivity index (χ1) is 8.38. The Hall–Kier alpha value is -1.90. The highest BCUT2D eigenvalue weighted by molar-refractivity contribution is 5.90. The molecule has 0 unspecified atom stereocenters. The third kappa shape index (κ3) is 5.43. The monoisotopic (exact) mass is 264 g/mol. The summed E-state index contributed by atoms with van der Waals surface area (Å²) in [7, 11) is 0. The van der Waals surface area contributed by atoms with Gasteiger partial charge in [0, 0.05) is 6.54 Å². The standard InChI is InChI=1S/C9H11F3N4O2/c10-9(11,12)5-18-2-1-15-7-4-14-3-6(16-7)8(13)17/h3-4H,1-2,5H2,(H2,13,17)(H,15,16). The molecule has 0 radical (unpaired) electrons. The third-order valence-corrected chi connectivity index (χ3v) is 1.71.